The van der Waals surface area contributed by atoms with Gasteiger partial charge in [-0.2, -0.15) is 0 Å². The van der Waals surface area contributed by atoms with E-state index in [2.05, 4.69) is 16.0 Å². The molecule has 7 heteroatoms. The van der Waals surface area contributed by atoms with Crippen molar-refractivity contribution < 1.29 is 19.1 Å². The van der Waals surface area contributed by atoms with Gasteiger partial charge in [0.25, 0.3) is 0 Å². The summed E-state index contributed by atoms with van der Waals surface area (Å²) in [6, 6.07) is 2.65. The molecule has 0 aliphatic rings. The van der Waals surface area contributed by atoms with Crippen LogP contribution < -0.4 is 16.0 Å². The van der Waals surface area contributed by atoms with Crippen molar-refractivity contribution in [1.82, 2.24) is 5.32 Å². The lowest BCUT2D eigenvalue weighted by Gasteiger charge is -2.16. The van der Waals surface area contributed by atoms with Crippen molar-refractivity contribution in [3.63, 3.8) is 0 Å². The molecule has 0 atom stereocenters. The molecule has 0 bridgehead atoms. The molecule has 0 saturated carbocycles. The van der Waals surface area contributed by atoms with Gasteiger partial charge in [-0.05, 0) is 38.5 Å². The molecule has 0 unspecified atom stereocenters. The van der Waals surface area contributed by atoms with Crippen LogP contribution in [-0.4, -0.2) is 31.1 Å². The van der Waals surface area contributed by atoms with Crippen molar-refractivity contribution >= 4 is 29.3 Å². The van der Waals surface area contributed by atoms with E-state index in [1.54, 1.807) is 13.0 Å². The van der Waals surface area contributed by atoms with Gasteiger partial charge in [-0.25, -0.2) is 9.59 Å². The van der Waals surface area contributed by atoms with E-state index in [1.165, 1.54) is 20.1 Å². The summed E-state index contributed by atoms with van der Waals surface area (Å²) < 4.78 is 4.74. The molecule has 0 aliphatic carbocycles. The lowest BCUT2D eigenvalue weighted by atomic mass is 10.0. The molecule has 0 spiro atoms. The first kappa shape index (κ1) is 17.5. The molecule has 22 heavy (non-hydrogen) atoms. The van der Waals surface area contributed by atoms with E-state index in [4.69, 9.17) is 4.74 Å². The van der Waals surface area contributed by atoms with Gasteiger partial charge in [-0.15, -0.1) is 0 Å². The number of carbonyl (C=O) groups excluding carboxylic acids is 3. The molecule has 1 aromatic carbocycles. The molecular weight excluding hydrogens is 286 g/mol. The van der Waals surface area contributed by atoms with Crippen LogP contribution in [0, 0.1) is 6.92 Å². The number of ether oxygens (including phenoxy) is 1. The van der Waals surface area contributed by atoms with Crippen molar-refractivity contribution in [3.05, 3.63) is 23.3 Å². The number of anilines is 2. The Morgan fingerprint density at radius 1 is 1.14 bits per heavy atom. The normalized spacial score (nSPS) is 10.1. The Balaban J connectivity index is 3.23. The lowest BCUT2D eigenvalue weighted by Crippen LogP contribution is -2.34. The maximum Gasteiger partial charge on any atom is 0.340 e. The molecule has 0 heterocycles. The van der Waals surface area contributed by atoms with E-state index >= 15 is 0 Å². The van der Waals surface area contributed by atoms with Gasteiger partial charge >= 0.3 is 12.0 Å². The summed E-state index contributed by atoms with van der Waals surface area (Å²) in [6.07, 6.45) is 0. The van der Waals surface area contributed by atoms with E-state index < -0.39 is 12.0 Å². The molecule has 3 N–H and O–H groups in total. The third-order valence-electron chi connectivity index (χ3n) is 2.71. The van der Waals surface area contributed by atoms with Crippen molar-refractivity contribution in [1.29, 1.82) is 0 Å². The fraction of sp³-hybridized carbons (Fsp3) is 0.400. The number of urea groups is 1. The summed E-state index contributed by atoms with van der Waals surface area (Å²) in [5.41, 5.74) is 1.58. The van der Waals surface area contributed by atoms with E-state index in [1.807, 2.05) is 13.8 Å². The Morgan fingerprint density at radius 2 is 1.77 bits per heavy atom. The van der Waals surface area contributed by atoms with Crippen molar-refractivity contribution in [3.8, 4) is 0 Å². The Kier molecular flexibility index (Phi) is 5.91. The fourth-order valence-electron chi connectivity index (χ4n) is 1.95. The maximum atomic E-state index is 11.9. The number of methoxy groups -OCH3 is 1. The number of amides is 3. The minimum absolute atomic E-state index is 0.0544. The second-order valence-corrected chi connectivity index (χ2v) is 5.14. The van der Waals surface area contributed by atoms with E-state index in [0.717, 1.165) is 0 Å². The van der Waals surface area contributed by atoms with Crippen molar-refractivity contribution in [2.45, 2.75) is 33.7 Å². The van der Waals surface area contributed by atoms with Crippen LogP contribution in [0.2, 0.25) is 0 Å². The minimum Gasteiger partial charge on any atom is -0.465 e. The number of esters is 1. The Morgan fingerprint density at radius 3 is 2.27 bits per heavy atom. The van der Waals surface area contributed by atoms with Crippen LogP contribution in [0.25, 0.3) is 0 Å². The quantitative estimate of drug-likeness (QED) is 0.743. The van der Waals surface area contributed by atoms with Crippen molar-refractivity contribution in [2.24, 2.45) is 0 Å². The third-order valence-corrected chi connectivity index (χ3v) is 2.71. The highest BCUT2D eigenvalue weighted by Crippen LogP contribution is 2.26. The summed E-state index contributed by atoms with van der Waals surface area (Å²) in [6.45, 7) is 6.71. The van der Waals surface area contributed by atoms with Gasteiger partial charge < -0.3 is 20.7 Å². The summed E-state index contributed by atoms with van der Waals surface area (Å²) in [4.78, 5) is 35.0. The molecule has 120 valence electrons. The molecule has 1 aromatic rings. The van der Waals surface area contributed by atoms with Gasteiger partial charge in [-0.1, -0.05) is 0 Å². The van der Waals surface area contributed by atoms with Crippen LogP contribution in [-0.2, 0) is 9.53 Å². The second-order valence-electron chi connectivity index (χ2n) is 5.14. The third kappa shape index (κ3) is 4.76. The molecule has 0 fully saturated rings. The first-order chi connectivity index (χ1) is 10.2. The van der Waals surface area contributed by atoms with Gasteiger partial charge in [0.2, 0.25) is 5.91 Å². The number of hydrogen-bond donors (Lipinski definition) is 3. The van der Waals surface area contributed by atoms with Gasteiger partial charge in [0.15, 0.2) is 0 Å². The predicted octanol–water partition coefficient (Wildman–Crippen LogP) is 2.27. The highest BCUT2D eigenvalue weighted by atomic mass is 16.5. The topological polar surface area (TPSA) is 96.5 Å². The van der Waals surface area contributed by atoms with Crippen LogP contribution in [0.4, 0.5) is 16.2 Å². The second kappa shape index (κ2) is 7.44. The monoisotopic (exact) mass is 307 g/mol. The number of benzene rings is 1. The highest BCUT2D eigenvalue weighted by Gasteiger charge is 2.18. The number of nitrogens with one attached hydrogen (secondary N) is 3. The zero-order valence-electron chi connectivity index (χ0n) is 13.4. The zero-order valence-corrected chi connectivity index (χ0v) is 13.4. The fourth-order valence-corrected chi connectivity index (χ4v) is 1.95. The highest BCUT2D eigenvalue weighted by molar-refractivity contribution is 6.03. The van der Waals surface area contributed by atoms with E-state index in [-0.39, 0.29) is 23.2 Å². The van der Waals surface area contributed by atoms with Crippen LogP contribution in [0.15, 0.2) is 12.1 Å². The summed E-state index contributed by atoms with van der Waals surface area (Å²) in [5.74, 6) is -0.811. The first-order valence-electron chi connectivity index (χ1n) is 6.82. The van der Waals surface area contributed by atoms with E-state index in [0.29, 0.717) is 11.3 Å². The number of rotatable bonds is 4. The first-order valence-corrected chi connectivity index (χ1v) is 6.82. The standard InChI is InChI=1S/C15H21N3O4/c1-8(2)16-15(21)18-12-7-11(17-10(4)19)6-9(3)13(12)14(20)22-5/h6-8H,1-5H3,(H,17,19)(H2,16,18,21). The molecule has 0 aromatic heterocycles. The Hall–Kier alpha value is -2.57. The summed E-state index contributed by atoms with van der Waals surface area (Å²) >= 11 is 0. The predicted molar refractivity (Wildman–Crippen MR) is 84.1 cm³/mol. The molecule has 0 aliphatic heterocycles. The average molecular weight is 307 g/mol. The van der Waals surface area contributed by atoms with Gasteiger partial charge in [0.1, 0.15) is 0 Å². The van der Waals surface area contributed by atoms with E-state index in [9.17, 15) is 14.4 Å². The minimum atomic E-state index is -0.563. The van der Waals surface area contributed by atoms with Gasteiger partial charge in [-0.3, -0.25) is 4.79 Å². The average Bonchev–Trinajstić information content (AvgIpc) is 2.35. The van der Waals surface area contributed by atoms with Crippen LogP contribution in [0.5, 0.6) is 0 Å². The van der Waals surface area contributed by atoms with Gasteiger partial charge in [0, 0.05) is 18.7 Å². The molecule has 1 rings (SSSR count). The summed E-state index contributed by atoms with van der Waals surface area (Å²) in [7, 11) is 1.27. The van der Waals surface area contributed by atoms with Crippen LogP contribution >= 0.6 is 0 Å². The van der Waals surface area contributed by atoms with Crippen LogP contribution in [0.1, 0.15) is 36.7 Å². The number of aryl methyl sites for hydroxylation is 1. The van der Waals surface area contributed by atoms with Crippen molar-refractivity contribution in [2.75, 3.05) is 17.7 Å². The Bertz CT molecular complexity index is 597. The van der Waals surface area contributed by atoms with Gasteiger partial charge in [0.05, 0.1) is 18.4 Å². The lowest BCUT2D eigenvalue weighted by molar-refractivity contribution is -0.114. The summed E-state index contributed by atoms with van der Waals surface area (Å²) in [5, 5.41) is 7.90. The largest absolute Gasteiger partial charge is 0.465 e. The smallest absolute Gasteiger partial charge is 0.340 e. The Labute approximate surface area is 129 Å². The molecule has 0 radical (unpaired) electrons. The maximum absolute atomic E-state index is 11.9. The molecule has 3 amide bonds. The SMILES string of the molecule is COC(=O)c1c(C)cc(NC(C)=O)cc1NC(=O)NC(C)C. The number of carbonyl (C=O) groups is 3. The molecule has 7 nitrogen and oxygen atoms in total. The molecule has 0 saturated heterocycles. The van der Waals surface area contributed by atoms with Crippen LogP contribution in [0.3, 0.4) is 0 Å². The molecular formula is C15H21N3O4. The zero-order chi connectivity index (χ0) is 16.9. The number of hydrogen-bond acceptors (Lipinski definition) is 4.